The van der Waals surface area contributed by atoms with Gasteiger partial charge in [-0.05, 0) is 17.7 Å². The van der Waals surface area contributed by atoms with Crippen LogP contribution in [0.4, 0.5) is 11.4 Å². The third-order valence-corrected chi connectivity index (χ3v) is 3.72. The zero-order valence-corrected chi connectivity index (χ0v) is 14.3. The van der Waals surface area contributed by atoms with Gasteiger partial charge in [-0.1, -0.05) is 18.2 Å². The van der Waals surface area contributed by atoms with E-state index in [1.165, 1.54) is 17.1 Å². The molecule has 10 heteroatoms. The van der Waals surface area contributed by atoms with Gasteiger partial charge < -0.3 is 10.6 Å². The summed E-state index contributed by atoms with van der Waals surface area (Å²) >= 11 is 0. The van der Waals surface area contributed by atoms with Crippen LogP contribution in [0.1, 0.15) is 12.0 Å². The third kappa shape index (κ3) is 4.84. The number of para-hydroxylation sites is 2. The van der Waals surface area contributed by atoms with Gasteiger partial charge in [-0.25, -0.2) is 14.6 Å². The molecule has 138 valence electrons. The second kappa shape index (κ2) is 8.52. The normalized spacial score (nSPS) is 10.4. The minimum Gasteiger partial charge on any atom is -0.379 e. The van der Waals surface area contributed by atoms with Crippen molar-refractivity contribution in [3.8, 4) is 5.82 Å². The molecule has 0 unspecified atom stereocenters. The molecule has 0 saturated heterocycles. The fraction of sp³-hybridized carbons (Fsp3) is 0.176. The highest BCUT2D eigenvalue weighted by atomic mass is 16.6. The topological polar surface area (TPSA) is 128 Å². The minimum absolute atomic E-state index is 0.0172. The van der Waals surface area contributed by atoms with Crippen molar-refractivity contribution in [1.82, 2.24) is 25.1 Å². The van der Waals surface area contributed by atoms with E-state index < -0.39 is 4.92 Å². The van der Waals surface area contributed by atoms with E-state index in [1.54, 1.807) is 36.8 Å². The number of nitrogens with zero attached hydrogens (tertiary/aromatic N) is 5. The Morgan fingerprint density at radius 1 is 1.22 bits per heavy atom. The summed E-state index contributed by atoms with van der Waals surface area (Å²) < 4.78 is 1.54. The van der Waals surface area contributed by atoms with Gasteiger partial charge in [0.2, 0.25) is 5.91 Å². The number of carbonyl (C=O) groups excluding carboxylic acids is 1. The highest BCUT2D eigenvalue weighted by molar-refractivity contribution is 5.76. The average Bonchev–Trinajstić information content (AvgIpc) is 3.22. The van der Waals surface area contributed by atoms with Crippen molar-refractivity contribution in [2.75, 3.05) is 11.9 Å². The number of hydrogen-bond acceptors (Lipinski definition) is 7. The summed E-state index contributed by atoms with van der Waals surface area (Å²) in [5, 5.41) is 20.6. The first-order valence-electron chi connectivity index (χ1n) is 8.17. The van der Waals surface area contributed by atoms with E-state index in [1.807, 2.05) is 6.07 Å². The highest BCUT2D eigenvalue weighted by Crippen LogP contribution is 2.22. The molecule has 2 heterocycles. The molecule has 10 nitrogen and oxygen atoms in total. The smallest absolute Gasteiger partial charge is 0.292 e. The van der Waals surface area contributed by atoms with E-state index in [2.05, 4.69) is 25.7 Å². The van der Waals surface area contributed by atoms with Crippen LogP contribution in [-0.2, 0) is 11.3 Å². The second-order valence-corrected chi connectivity index (χ2v) is 5.59. The molecule has 0 bridgehead atoms. The molecule has 0 spiro atoms. The number of nitrogens with one attached hydrogen (secondary N) is 2. The molecule has 3 aromatic rings. The Bertz CT molecular complexity index is 911. The van der Waals surface area contributed by atoms with Crippen LogP contribution in [0.5, 0.6) is 0 Å². The molecule has 2 aromatic heterocycles. The van der Waals surface area contributed by atoms with E-state index >= 15 is 0 Å². The van der Waals surface area contributed by atoms with Crippen LogP contribution in [0.25, 0.3) is 5.82 Å². The molecule has 0 fully saturated rings. The first-order valence-corrected chi connectivity index (χ1v) is 8.17. The summed E-state index contributed by atoms with van der Waals surface area (Å²) in [4.78, 5) is 30.6. The van der Waals surface area contributed by atoms with E-state index in [4.69, 9.17) is 0 Å². The molecular weight excluding hydrogens is 350 g/mol. The molecule has 27 heavy (non-hydrogen) atoms. The lowest BCUT2D eigenvalue weighted by atomic mass is 10.2. The standard InChI is InChI=1S/C17H17N7O3/c25-17(7-8-19-14-3-1-2-4-15(14)24(26)27)21-10-13-5-6-16(20-9-13)23-12-18-11-22-23/h1-6,9,11-12,19H,7-8,10H2,(H,21,25). The van der Waals surface area contributed by atoms with Crippen LogP contribution in [-0.4, -0.2) is 37.1 Å². The quantitative estimate of drug-likeness (QED) is 0.458. The lowest BCUT2D eigenvalue weighted by molar-refractivity contribution is -0.384. The molecule has 0 atom stereocenters. The van der Waals surface area contributed by atoms with E-state index in [0.717, 1.165) is 5.56 Å². The van der Waals surface area contributed by atoms with Crippen molar-refractivity contribution >= 4 is 17.3 Å². The number of benzene rings is 1. The number of rotatable bonds is 8. The molecule has 1 aromatic carbocycles. The summed E-state index contributed by atoms with van der Waals surface area (Å²) in [6, 6.07) is 9.95. The van der Waals surface area contributed by atoms with Crippen LogP contribution in [0.15, 0.2) is 55.2 Å². The second-order valence-electron chi connectivity index (χ2n) is 5.59. The molecule has 2 N–H and O–H groups in total. The van der Waals surface area contributed by atoms with E-state index in [0.29, 0.717) is 24.6 Å². The number of nitro groups is 1. The Morgan fingerprint density at radius 2 is 2.07 bits per heavy atom. The van der Waals surface area contributed by atoms with Gasteiger partial charge in [0.15, 0.2) is 5.82 Å². The maximum absolute atomic E-state index is 12.0. The molecule has 0 radical (unpaired) electrons. The summed E-state index contributed by atoms with van der Waals surface area (Å²) in [5.74, 6) is 0.470. The zero-order valence-electron chi connectivity index (χ0n) is 14.3. The van der Waals surface area contributed by atoms with Crippen LogP contribution in [0, 0.1) is 10.1 Å². The number of anilines is 1. The zero-order chi connectivity index (χ0) is 19.1. The fourth-order valence-electron chi connectivity index (χ4n) is 2.37. The number of amides is 1. The molecule has 1 amide bonds. The average molecular weight is 367 g/mol. The Labute approximate surface area is 154 Å². The van der Waals surface area contributed by atoms with Crippen molar-refractivity contribution in [1.29, 1.82) is 0 Å². The van der Waals surface area contributed by atoms with Gasteiger partial charge in [0.1, 0.15) is 18.3 Å². The lowest BCUT2D eigenvalue weighted by Crippen LogP contribution is -2.25. The first kappa shape index (κ1) is 18.0. The van der Waals surface area contributed by atoms with Crippen LogP contribution >= 0.6 is 0 Å². The molecule has 0 aliphatic carbocycles. The summed E-state index contributed by atoms with van der Waals surface area (Å²) in [6.07, 6.45) is 4.82. The van der Waals surface area contributed by atoms with Crippen molar-refractivity contribution in [2.24, 2.45) is 0 Å². The number of carbonyl (C=O) groups is 1. The molecule has 0 aliphatic rings. The molecule has 0 aliphatic heterocycles. The number of aromatic nitrogens is 4. The Kier molecular flexibility index (Phi) is 5.67. The Morgan fingerprint density at radius 3 is 2.78 bits per heavy atom. The van der Waals surface area contributed by atoms with Gasteiger partial charge in [0.05, 0.1) is 4.92 Å². The largest absolute Gasteiger partial charge is 0.379 e. The number of nitro benzene ring substituents is 1. The van der Waals surface area contributed by atoms with Gasteiger partial charge in [0, 0.05) is 31.8 Å². The van der Waals surface area contributed by atoms with Crippen LogP contribution in [0.3, 0.4) is 0 Å². The molecular formula is C17H17N7O3. The van der Waals surface area contributed by atoms with Crippen molar-refractivity contribution in [2.45, 2.75) is 13.0 Å². The third-order valence-electron chi connectivity index (χ3n) is 3.72. The monoisotopic (exact) mass is 367 g/mol. The maximum Gasteiger partial charge on any atom is 0.292 e. The van der Waals surface area contributed by atoms with Gasteiger partial charge >= 0.3 is 0 Å². The first-order chi connectivity index (χ1) is 13.1. The summed E-state index contributed by atoms with van der Waals surface area (Å²) in [7, 11) is 0. The Hall–Kier alpha value is -3.82. The summed E-state index contributed by atoms with van der Waals surface area (Å²) in [6.45, 7) is 0.634. The molecule has 0 saturated carbocycles. The Balaban J connectivity index is 1.44. The highest BCUT2D eigenvalue weighted by Gasteiger charge is 2.12. The maximum atomic E-state index is 12.0. The predicted octanol–water partition coefficient (Wildman–Crippen LogP) is 1.69. The minimum atomic E-state index is -0.460. The van der Waals surface area contributed by atoms with Crippen LogP contribution in [0.2, 0.25) is 0 Å². The number of pyridine rings is 1. The van der Waals surface area contributed by atoms with E-state index in [-0.39, 0.29) is 18.0 Å². The van der Waals surface area contributed by atoms with Gasteiger partial charge in [0.25, 0.3) is 5.69 Å². The molecule has 3 rings (SSSR count). The van der Waals surface area contributed by atoms with Gasteiger partial charge in [-0.3, -0.25) is 14.9 Å². The van der Waals surface area contributed by atoms with Gasteiger partial charge in [-0.2, -0.15) is 5.10 Å². The van der Waals surface area contributed by atoms with Crippen molar-refractivity contribution in [3.05, 3.63) is 70.9 Å². The van der Waals surface area contributed by atoms with Crippen LogP contribution < -0.4 is 10.6 Å². The summed E-state index contributed by atoms with van der Waals surface area (Å²) in [5.41, 5.74) is 1.22. The lowest BCUT2D eigenvalue weighted by Gasteiger charge is -2.08. The van der Waals surface area contributed by atoms with Crippen molar-refractivity contribution < 1.29 is 9.72 Å². The van der Waals surface area contributed by atoms with E-state index in [9.17, 15) is 14.9 Å². The SMILES string of the molecule is O=C(CCNc1ccccc1[N+](=O)[O-])NCc1ccc(-n2cncn2)nc1. The number of hydrogen-bond donors (Lipinski definition) is 2. The van der Waals surface area contributed by atoms with Gasteiger partial charge in [-0.15, -0.1) is 0 Å². The van der Waals surface area contributed by atoms with Crippen molar-refractivity contribution in [3.63, 3.8) is 0 Å². The fourth-order valence-corrected chi connectivity index (χ4v) is 2.37. The predicted molar refractivity (Wildman–Crippen MR) is 97.2 cm³/mol.